The number of nitrogens with two attached hydrogens (primary N) is 1. The molecule has 3 aromatic carbocycles. The monoisotopic (exact) mass is 359 g/mol. The van der Waals surface area contributed by atoms with E-state index in [-0.39, 0.29) is 5.75 Å². The molecule has 0 radical (unpaired) electrons. The van der Waals surface area contributed by atoms with Gasteiger partial charge in [-0.25, -0.2) is 0 Å². The molecular formula is C24H25NO2. The van der Waals surface area contributed by atoms with E-state index in [1.54, 1.807) is 12.1 Å². The number of aromatic hydroxyl groups is 1. The summed E-state index contributed by atoms with van der Waals surface area (Å²) in [6.45, 7) is 3.17. The van der Waals surface area contributed by atoms with E-state index in [4.69, 9.17) is 10.5 Å². The van der Waals surface area contributed by atoms with E-state index in [0.717, 1.165) is 28.9 Å². The molecule has 138 valence electrons. The first-order chi connectivity index (χ1) is 13.2. The highest BCUT2D eigenvalue weighted by molar-refractivity contribution is 5.98. The minimum Gasteiger partial charge on any atom is -0.508 e. The Morgan fingerprint density at radius 2 is 1.41 bits per heavy atom. The van der Waals surface area contributed by atoms with Crippen molar-refractivity contribution in [3.8, 4) is 11.5 Å². The quantitative estimate of drug-likeness (QED) is 0.577. The zero-order valence-corrected chi connectivity index (χ0v) is 15.6. The lowest BCUT2D eigenvalue weighted by Crippen LogP contribution is -2.10. The second-order valence-electron chi connectivity index (χ2n) is 6.28. The summed E-state index contributed by atoms with van der Waals surface area (Å²) < 4.78 is 5.61. The lowest BCUT2D eigenvalue weighted by molar-refractivity contribution is 0.328. The topological polar surface area (TPSA) is 55.5 Å². The van der Waals surface area contributed by atoms with Crippen LogP contribution in [0.3, 0.4) is 0 Å². The zero-order chi connectivity index (χ0) is 19.1. The van der Waals surface area contributed by atoms with Crippen LogP contribution in [0.4, 0.5) is 0 Å². The molecule has 0 aromatic heterocycles. The highest BCUT2D eigenvalue weighted by atomic mass is 16.5. The predicted molar refractivity (Wildman–Crippen MR) is 112 cm³/mol. The third kappa shape index (κ3) is 4.57. The summed E-state index contributed by atoms with van der Waals surface area (Å²) in [7, 11) is 0. The third-order valence-electron chi connectivity index (χ3n) is 4.46. The van der Waals surface area contributed by atoms with Crippen molar-refractivity contribution in [2.75, 3.05) is 13.2 Å². The summed E-state index contributed by atoms with van der Waals surface area (Å²) in [6, 6.07) is 25.9. The molecule has 0 aliphatic rings. The van der Waals surface area contributed by atoms with Crippen LogP contribution in [0, 0.1) is 0 Å². The van der Waals surface area contributed by atoms with Gasteiger partial charge in [-0.05, 0) is 58.5 Å². The fourth-order valence-electron chi connectivity index (χ4n) is 3.20. The van der Waals surface area contributed by atoms with Crippen LogP contribution in [0.2, 0.25) is 0 Å². The van der Waals surface area contributed by atoms with Crippen LogP contribution in [0.5, 0.6) is 11.5 Å². The maximum atomic E-state index is 9.70. The molecule has 3 heteroatoms. The lowest BCUT2D eigenvalue weighted by atomic mass is 9.88. The van der Waals surface area contributed by atoms with Crippen LogP contribution in [-0.4, -0.2) is 18.3 Å². The fraction of sp³-hybridized carbons (Fsp3) is 0.167. The number of rotatable bonds is 7. The molecule has 0 amide bonds. The Labute approximate surface area is 160 Å². The number of phenols is 1. The van der Waals surface area contributed by atoms with Crippen molar-refractivity contribution in [1.82, 2.24) is 0 Å². The number of ether oxygens (including phenoxy) is 1. The average Bonchev–Trinajstić information content (AvgIpc) is 2.72. The second kappa shape index (κ2) is 9.06. The van der Waals surface area contributed by atoms with E-state index < -0.39 is 0 Å². The normalized spacial score (nSPS) is 11.8. The van der Waals surface area contributed by atoms with Crippen molar-refractivity contribution < 1.29 is 9.84 Å². The van der Waals surface area contributed by atoms with E-state index in [1.165, 1.54) is 11.1 Å². The van der Waals surface area contributed by atoms with Gasteiger partial charge in [0.25, 0.3) is 0 Å². The Bertz CT molecular complexity index is 882. The van der Waals surface area contributed by atoms with Gasteiger partial charge in [-0.2, -0.15) is 0 Å². The minimum atomic E-state index is 0.265. The summed E-state index contributed by atoms with van der Waals surface area (Å²) >= 11 is 0. The molecule has 27 heavy (non-hydrogen) atoms. The molecule has 3 rings (SSSR count). The molecule has 0 bridgehead atoms. The van der Waals surface area contributed by atoms with Gasteiger partial charge < -0.3 is 15.6 Å². The lowest BCUT2D eigenvalue weighted by Gasteiger charge is -2.17. The van der Waals surface area contributed by atoms with Gasteiger partial charge in [-0.15, -0.1) is 0 Å². The van der Waals surface area contributed by atoms with Crippen LogP contribution in [0.15, 0.2) is 78.9 Å². The molecule has 3 N–H and O–H groups in total. The fourth-order valence-corrected chi connectivity index (χ4v) is 3.20. The molecular weight excluding hydrogens is 334 g/mol. The van der Waals surface area contributed by atoms with E-state index in [9.17, 15) is 5.11 Å². The number of hydrogen-bond acceptors (Lipinski definition) is 3. The third-order valence-corrected chi connectivity index (χ3v) is 4.46. The Kier molecular flexibility index (Phi) is 6.29. The average molecular weight is 359 g/mol. The summed E-state index contributed by atoms with van der Waals surface area (Å²) in [5.74, 6) is 1.08. The molecule has 3 nitrogen and oxygen atoms in total. The molecule has 0 aliphatic carbocycles. The van der Waals surface area contributed by atoms with E-state index in [1.807, 2.05) is 30.3 Å². The maximum Gasteiger partial charge on any atom is 0.119 e. The predicted octanol–water partition coefficient (Wildman–Crippen LogP) is 5.10. The summed E-state index contributed by atoms with van der Waals surface area (Å²) in [4.78, 5) is 0. The zero-order valence-electron chi connectivity index (χ0n) is 15.6. The highest BCUT2D eigenvalue weighted by Crippen LogP contribution is 2.35. The van der Waals surface area contributed by atoms with Gasteiger partial charge in [-0.3, -0.25) is 0 Å². The molecule has 0 saturated carbocycles. The van der Waals surface area contributed by atoms with Gasteiger partial charge in [0.05, 0.1) is 0 Å². The first kappa shape index (κ1) is 18.7. The minimum absolute atomic E-state index is 0.265. The van der Waals surface area contributed by atoms with Crippen molar-refractivity contribution in [3.05, 3.63) is 95.6 Å². The smallest absolute Gasteiger partial charge is 0.119 e. The second-order valence-corrected chi connectivity index (χ2v) is 6.28. The van der Waals surface area contributed by atoms with E-state index in [0.29, 0.717) is 13.2 Å². The number of hydrogen-bond donors (Lipinski definition) is 2. The SMILES string of the molecule is CCC(=C(c1ccc(O)cc1)c1ccc(OCCN)cc1)c1ccccc1. The van der Waals surface area contributed by atoms with Crippen LogP contribution in [-0.2, 0) is 0 Å². The molecule has 0 spiro atoms. The molecule has 0 fully saturated rings. The Hall–Kier alpha value is -3.04. The van der Waals surface area contributed by atoms with Crippen LogP contribution >= 0.6 is 0 Å². The van der Waals surface area contributed by atoms with Gasteiger partial charge >= 0.3 is 0 Å². The summed E-state index contributed by atoms with van der Waals surface area (Å²) in [5, 5.41) is 9.70. The molecule has 0 unspecified atom stereocenters. The van der Waals surface area contributed by atoms with Crippen molar-refractivity contribution >= 4 is 11.1 Å². The summed E-state index contributed by atoms with van der Waals surface area (Å²) in [5.41, 5.74) is 11.3. The maximum absolute atomic E-state index is 9.70. The van der Waals surface area contributed by atoms with Crippen molar-refractivity contribution in [2.45, 2.75) is 13.3 Å². The van der Waals surface area contributed by atoms with Gasteiger partial charge in [0, 0.05) is 6.54 Å². The number of phenolic OH excluding ortho intramolecular Hbond substituents is 1. The summed E-state index contributed by atoms with van der Waals surface area (Å²) in [6.07, 6.45) is 0.894. The van der Waals surface area contributed by atoms with E-state index >= 15 is 0 Å². The molecule has 0 aliphatic heterocycles. The van der Waals surface area contributed by atoms with Crippen LogP contribution in [0.25, 0.3) is 11.1 Å². The van der Waals surface area contributed by atoms with Crippen molar-refractivity contribution in [1.29, 1.82) is 0 Å². The molecule has 3 aromatic rings. The Morgan fingerprint density at radius 1 is 0.815 bits per heavy atom. The van der Waals surface area contributed by atoms with Crippen LogP contribution in [0.1, 0.15) is 30.0 Å². The molecule has 0 atom stereocenters. The Balaban J connectivity index is 2.13. The number of allylic oxidation sites excluding steroid dienone is 1. The van der Waals surface area contributed by atoms with E-state index in [2.05, 4.69) is 43.3 Å². The molecule has 0 saturated heterocycles. The van der Waals surface area contributed by atoms with Gasteiger partial charge in [0.15, 0.2) is 0 Å². The van der Waals surface area contributed by atoms with Gasteiger partial charge in [0.1, 0.15) is 18.1 Å². The highest BCUT2D eigenvalue weighted by Gasteiger charge is 2.13. The first-order valence-corrected chi connectivity index (χ1v) is 9.24. The standard InChI is InChI=1S/C24H25NO2/c1-2-23(18-6-4-3-5-7-18)24(19-8-12-21(26)13-9-19)20-10-14-22(15-11-20)27-17-16-25/h3-15,26H,2,16-17,25H2,1H3. The van der Waals surface area contributed by atoms with Crippen LogP contribution < -0.4 is 10.5 Å². The Morgan fingerprint density at radius 3 is 1.96 bits per heavy atom. The van der Waals surface area contributed by atoms with Gasteiger partial charge in [0.2, 0.25) is 0 Å². The largest absolute Gasteiger partial charge is 0.508 e. The van der Waals surface area contributed by atoms with Crippen molar-refractivity contribution in [3.63, 3.8) is 0 Å². The first-order valence-electron chi connectivity index (χ1n) is 9.24. The van der Waals surface area contributed by atoms with Gasteiger partial charge in [-0.1, -0.05) is 61.5 Å². The molecule has 0 heterocycles. The number of benzene rings is 3. The van der Waals surface area contributed by atoms with Crippen molar-refractivity contribution in [2.24, 2.45) is 5.73 Å².